The molecule has 0 spiro atoms. The summed E-state index contributed by atoms with van der Waals surface area (Å²) >= 11 is 6.53. The third-order valence-corrected chi connectivity index (χ3v) is 5.71. The van der Waals surface area contributed by atoms with Gasteiger partial charge in [0, 0.05) is 22.7 Å². The van der Waals surface area contributed by atoms with Crippen LogP contribution in [0.2, 0.25) is 5.02 Å². The average molecular weight is 457 g/mol. The Balaban J connectivity index is 1.64. The van der Waals surface area contributed by atoms with Crippen LogP contribution in [0.4, 0.5) is 5.82 Å². The monoisotopic (exact) mass is 456 g/mol. The van der Waals surface area contributed by atoms with Crippen LogP contribution in [0, 0.1) is 11.3 Å². The van der Waals surface area contributed by atoms with Gasteiger partial charge in [0.25, 0.3) is 0 Å². The quantitative estimate of drug-likeness (QED) is 0.289. The Kier molecular flexibility index (Phi) is 7.29. The van der Waals surface area contributed by atoms with E-state index < -0.39 is 0 Å². The van der Waals surface area contributed by atoms with E-state index in [9.17, 15) is 0 Å². The molecule has 6 heteroatoms. The molecule has 0 atom stereocenters. The number of aromatic nitrogens is 2. The topological polar surface area (TPSA) is 76.9 Å². The smallest absolute Gasteiger partial charge is 0.123 e. The number of hydrogen-bond donors (Lipinski definition) is 1. The zero-order chi connectivity index (χ0) is 23.0. The Bertz CT molecular complexity index is 1260. The van der Waals surface area contributed by atoms with Crippen LogP contribution in [0.25, 0.3) is 22.5 Å². The first-order valence-electron chi connectivity index (χ1n) is 10.9. The molecule has 0 bridgehead atoms. The number of nitrogen functional groups attached to an aromatic ring is 1. The van der Waals surface area contributed by atoms with E-state index in [1.807, 2.05) is 48.5 Å². The average Bonchev–Trinajstić information content (AvgIpc) is 3.23. The molecular weight excluding hydrogens is 432 g/mol. The van der Waals surface area contributed by atoms with Gasteiger partial charge in [-0.2, -0.15) is 5.26 Å². The van der Waals surface area contributed by atoms with Crippen molar-refractivity contribution in [3.8, 4) is 34.3 Å². The minimum atomic E-state index is 0.497. The summed E-state index contributed by atoms with van der Waals surface area (Å²) in [6, 6.07) is 27.9. The van der Waals surface area contributed by atoms with Gasteiger partial charge in [-0.05, 0) is 73.0 Å². The largest absolute Gasteiger partial charge is 0.494 e. The Labute approximate surface area is 199 Å². The van der Waals surface area contributed by atoms with Crippen molar-refractivity contribution in [2.45, 2.75) is 25.8 Å². The second kappa shape index (κ2) is 10.7. The number of nitrogens with two attached hydrogens (primary N) is 1. The Morgan fingerprint density at radius 3 is 2.45 bits per heavy atom. The van der Waals surface area contributed by atoms with Gasteiger partial charge in [0.15, 0.2) is 0 Å². The van der Waals surface area contributed by atoms with E-state index in [2.05, 4.69) is 39.9 Å². The number of ether oxygens (including phenoxy) is 1. The standard InChI is InChI=1S/C27H25ClN4O/c28-24-9-3-2-8-23(24)26-16-15-25(32(26)19-21-7-6-10-27(30)31-21)20-11-13-22(14-12-20)33-18-5-1-4-17-29/h2-3,6-16H,1,4-5,18-19H2,(H2,30,31). The van der Waals surface area contributed by atoms with E-state index >= 15 is 0 Å². The fourth-order valence-corrected chi connectivity index (χ4v) is 3.99. The van der Waals surface area contributed by atoms with E-state index in [0.29, 0.717) is 30.4 Å². The van der Waals surface area contributed by atoms with Crippen LogP contribution in [0.1, 0.15) is 25.0 Å². The zero-order valence-electron chi connectivity index (χ0n) is 18.2. The molecule has 0 amide bonds. The van der Waals surface area contributed by atoms with Crippen molar-refractivity contribution in [1.29, 1.82) is 5.26 Å². The lowest BCUT2D eigenvalue weighted by atomic mass is 10.1. The van der Waals surface area contributed by atoms with Crippen LogP contribution in [0.5, 0.6) is 5.75 Å². The van der Waals surface area contributed by atoms with Crippen molar-refractivity contribution in [1.82, 2.24) is 9.55 Å². The minimum absolute atomic E-state index is 0.497. The van der Waals surface area contributed by atoms with Crippen molar-refractivity contribution in [3.63, 3.8) is 0 Å². The molecule has 0 aliphatic carbocycles. The van der Waals surface area contributed by atoms with E-state index in [4.69, 9.17) is 27.3 Å². The number of halogens is 1. The van der Waals surface area contributed by atoms with Gasteiger partial charge in [-0.3, -0.25) is 0 Å². The molecule has 4 rings (SSSR count). The number of benzene rings is 2. The summed E-state index contributed by atoms with van der Waals surface area (Å²) in [4.78, 5) is 4.49. The van der Waals surface area contributed by atoms with Crippen molar-refractivity contribution < 1.29 is 4.74 Å². The summed E-state index contributed by atoms with van der Waals surface area (Å²) in [6.45, 7) is 1.17. The number of pyridine rings is 1. The maximum absolute atomic E-state index is 8.63. The summed E-state index contributed by atoms with van der Waals surface area (Å²) in [5.74, 6) is 1.31. The number of rotatable bonds is 9. The van der Waals surface area contributed by atoms with Crippen LogP contribution >= 0.6 is 11.6 Å². The molecule has 2 N–H and O–H groups in total. The number of unbranched alkanes of at least 4 members (excludes halogenated alkanes) is 2. The van der Waals surface area contributed by atoms with Gasteiger partial charge >= 0.3 is 0 Å². The molecule has 2 aromatic carbocycles. The SMILES string of the molecule is N#CCCCCOc1ccc(-c2ccc(-c3ccccc3Cl)n2Cc2cccc(N)n2)cc1. The molecule has 0 aliphatic rings. The van der Waals surface area contributed by atoms with Gasteiger partial charge in [-0.25, -0.2) is 4.98 Å². The van der Waals surface area contributed by atoms with Gasteiger partial charge < -0.3 is 15.0 Å². The summed E-state index contributed by atoms with van der Waals surface area (Å²) in [6.07, 6.45) is 2.28. The lowest BCUT2D eigenvalue weighted by molar-refractivity contribution is 0.307. The Morgan fingerprint density at radius 2 is 1.70 bits per heavy atom. The third-order valence-electron chi connectivity index (χ3n) is 5.38. The van der Waals surface area contributed by atoms with Gasteiger partial charge in [0.05, 0.1) is 30.6 Å². The molecule has 0 unspecified atom stereocenters. The minimum Gasteiger partial charge on any atom is -0.494 e. The van der Waals surface area contributed by atoms with Gasteiger partial charge in [-0.15, -0.1) is 0 Å². The van der Waals surface area contributed by atoms with Gasteiger partial charge in [0.1, 0.15) is 11.6 Å². The number of nitrogens with zero attached hydrogens (tertiary/aromatic N) is 3. The lowest BCUT2D eigenvalue weighted by Gasteiger charge is -2.15. The fraction of sp³-hybridized carbons (Fsp3) is 0.185. The van der Waals surface area contributed by atoms with Crippen molar-refractivity contribution in [2.75, 3.05) is 12.3 Å². The summed E-state index contributed by atoms with van der Waals surface area (Å²) in [5, 5.41) is 9.33. The second-order valence-electron chi connectivity index (χ2n) is 7.71. The molecule has 2 aromatic heterocycles. The van der Waals surface area contributed by atoms with E-state index in [1.165, 1.54) is 0 Å². The number of hydrogen-bond acceptors (Lipinski definition) is 4. The molecule has 0 radical (unpaired) electrons. The second-order valence-corrected chi connectivity index (χ2v) is 8.12. The predicted octanol–water partition coefficient (Wildman–Crippen LogP) is 6.57. The van der Waals surface area contributed by atoms with Crippen LogP contribution in [-0.4, -0.2) is 16.2 Å². The summed E-state index contributed by atoms with van der Waals surface area (Å²) in [7, 11) is 0. The normalized spacial score (nSPS) is 10.7. The first-order chi connectivity index (χ1) is 16.2. The fourth-order valence-electron chi connectivity index (χ4n) is 3.76. The molecule has 4 aromatic rings. The summed E-state index contributed by atoms with van der Waals surface area (Å²) in [5.41, 5.74) is 10.9. The Morgan fingerprint density at radius 1 is 0.909 bits per heavy atom. The van der Waals surface area contributed by atoms with E-state index in [1.54, 1.807) is 6.07 Å². The van der Waals surface area contributed by atoms with Crippen LogP contribution in [0.3, 0.4) is 0 Å². The highest BCUT2D eigenvalue weighted by Gasteiger charge is 2.15. The lowest BCUT2D eigenvalue weighted by Crippen LogP contribution is -2.06. The van der Waals surface area contributed by atoms with Crippen molar-refractivity contribution in [2.24, 2.45) is 0 Å². The van der Waals surface area contributed by atoms with Gasteiger partial charge in [-0.1, -0.05) is 35.9 Å². The zero-order valence-corrected chi connectivity index (χ0v) is 19.0. The molecule has 33 heavy (non-hydrogen) atoms. The maximum atomic E-state index is 8.63. The molecule has 0 fully saturated rings. The van der Waals surface area contributed by atoms with Gasteiger partial charge in [0.2, 0.25) is 0 Å². The highest BCUT2D eigenvalue weighted by atomic mass is 35.5. The molecule has 5 nitrogen and oxygen atoms in total. The summed E-state index contributed by atoms with van der Waals surface area (Å²) < 4.78 is 8.02. The van der Waals surface area contributed by atoms with E-state index in [0.717, 1.165) is 46.8 Å². The molecule has 0 saturated carbocycles. The molecular formula is C27H25ClN4O. The number of anilines is 1. The predicted molar refractivity (Wildman–Crippen MR) is 133 cm³/mol. The van der Waals surface area contributed by atoms with Crippen molar-refractivity contribution in [3.05, 3.63) is 89.6 Å². The first kappa shape index (κ1) is 22.4. The van der Waals surface area contributed by atoms with E-state index in [-0.39, 0.29) is 0 Å². The Hall–Kier alpha value is -3.75. The highest BCUT2D eigenvalue weighted by Crippen LogP contribution is 2.34. The van der Waals surface area contributed by atoms with Crippen LogP contribution in [0.15, 0.2) is 78.9 Å². The third kappa shape index (κ3) is 5.54. The van der Waals surface area contributed by atoms with Crippen molar-refractivity contribution >= 4 is 17.4 Å². The molecule has 166 valence electrons. The molecule has 2 heterocycles. The maximum Gasteiger partial charge on any atom is 0.123 e. The van der Waals surface area contributed by atoms with Crippen LogP contribution < -0.4 is 10.5 Å². The highest BCUT2D eigenvalue weighted by molar-refractivity contribution is 6.33. The van der Waals surface area contributed by atoms with Crippen LogP contribution in [-0.2, 0) is 6.54 Å². The molecule has 0 aliphatic heterocycles. The molecule has 0 saturated heterocycles. The first-order valence-corrected chi connectivity index (χ1v) is 11.3. The number of nitriles is 1.